The number of hydrogen-bond donors (Lipinski definition) is 2. The van der Waals surface area contributed by atoms with Gasteiger partial charge < -0.3 is 10.1 Å². The fourth-order valence-electron chi connectivity index (χ4n) is 5.63. The first kappa shape index (κ1) is 18.9. The van der Waals surface area contributed by atoms with Gasteiger partial charge in [-0.25, -0.2) is 0 Å². The van der Waals surface area contributed by atoms with Gasteiger partial charge in [-0.1, -0.05) is 18.2 Å². The fraction of sp³-hybridized carbons (Fsp3) is 0.333. The van der Waals surface area contributed by atoms with Crippen LogP contribution in [-0.4, -0.2) is 39.5 Å². The summed E-state index contributed by atoms with van der Waals surface area (Å²) in [7, 11) is 0. The number of aromatic nitrogens is 1. The van der Waals surface area contributed by atoms with Crippen molar-refractivity contribution in [2.45, 2.75) is 24.7 Å². The van der Waals surface area contributed by atoms with Crippen LogP contribution in [-0.2, 0) is 18.3 Å². The second-order valence-corrected chi connectivity index (χ2v) is 8.65. The highest BCUT2D eigenvalue weighted by Crippen LogP contribution is 2.49. The normalized spacial score (nSPS) is 23.7. The van der Waals surface area contributed by atoms with Gasteiger partial charge in [0.15, 0.2) is 0 Å². The minimum atomic E-state index is -0.328. The quantitative estimate of drug-likeness (QED) is 0.386. The molecule has 1 saturated heterocycles. The Morgan fingerprint density at radius 3 is 2.97 bits per heavy atom. The number of benzene rings is 2. The van der Waals surface area contributed by atoms with Crippen LogP contribution in [0.1, 0.15) is 23.2 Å². The molecule has 30 heavy (non-hydrogen) atoms. The summed E-state index contributed by atoms with van der Waals surface area (Å²) in [5, 5.41) is 22.4. The smallest absolute Gasteiger partial charge is 0.270 e. The number of nitrogens with one attached hydrogen (secondary N) is 1. The molecule has 1 aromatic heterocycles. The number of hydrogen-bond acceptors (Lipinski definition) is 4. The first-order valence-corrected chi connectivity index (χ1v) is 10.4. The monoisotopic (exact) mass is 403 g/mol. The number of non-ortho nitro benzene ring substituents is 1. The van der Waals surface area contributed by atoms with Crippen molar-refractivity contribution < 1.29 is 10.0 Å². The molecule has 1 aliphatic heterocycles. The van der Waals surface area contributed by atoms with Crippen molar-refractivity contribution in [3.63, 3.8) is 0 Å². The van der Waals surface area contributed by atoms with E-state index in [0.29, 0.717) is 11.7 Å². The lowest BCUT2D eigenvalue weighted by molar-refractivity contribution is -0.384. The van der Waals surface area contributed by atoms with E-state index < -0.39 is 0 Å². The lowest BCUT2D eigenvalue weighted by atomic mass is 9.58. The van der Waals surface area contributed by atoms with Crippen LogP contribution in [0, 0.1) is 16.0 Å². The van der Waals surface area contributed by atoms with Gasteiger partial charge in [0.25, 0.3) is 5.69 Å². The van der Waals surface area contributed by atoms with Crippen LogP contribution < -0.4 is 0 Å². The van der Waals surface area contributed by atoms with E-state index >= 15 is 0 Å². The third-order valence-electron chi connectivity index (χ3n) is 7.07. The Labute approximate surface area is 175 Å². The Kier molecular flexibility index (Phi) is 4.40. The number of fused-ring (bicyclic) bond motifs is 4. The SMILES string of the molecule is C=CCN1CCC2(c3cccc(O)c3)Cc3[nH]c4ccc([N+](=O)[O-])cc4c3CC2C1. The molecule has 2 aromatic carbocycles. The number of aromatic amines is 1. The van der Waals surface area contributed by atoms with Crippen molar-refractivity contribution in [2.75, 3.05) is 19.6 Å². The second-order valence-electron chi connectivity index (χ2n) is 8.65. The third kappa shape index (κ3) is 2.91. The highest BCUT2D eigenvalue weighted by Gasteiger charge is 2.48. The number of phenolic OH excluding ortho intramolecular Hbond substituents is 1. The maximum absolute atomic E-state index is 11.3. The number of likely N-dealkylation sites (tertiary alicyclic amines) is 1. The molecule has 6 nitrogen and oxygen atoms in total. The molecule has 0 saturated carbocycles. The summed E-state index contributed by atoms with van der Waals surface area (Å²) in [6.45, 7) is 6.69. The van der Waals surface area contributed by atoms with Crippen molar-refractivity contribution in [2.24, 2.45) is 5.92 Å². The van der Waals surface area contributed by atoms with Crippen molar-refractivity contribution in [1.82, 2.24) is 9.88 Å². The van der Waals surface area contributed by atoms with Crippen LogP contribution in [0.25, 0.3) is 10.9 Å². The zero-order valence-corrected chi connectivity index (χ0v) is 16.8. The van der Waals surface area contributed by atoms with E-state index in [-0.39, 0.29) is 16.0 Å². The number of H-pyrrole nitrogens is 1. The molecule has 0 amide bonds. The van der Waals surface area contributed by atoms with Gasteiger partial charge in [0.2, 0.25) is 0 Å². The molecule has 0 radical (unpaired) electrons. The summed E-state index contributed by atoms with van der Waals surface area (Å²) in [5.74, 6) is 0.658. The number of nitrogens with zero attached hydrogens (tertiary/aromatic N) is 2. The first-order chi connectivity index (χ1) is 14.5. The van der Waals surface area contributed by atoms with Gasteiger partial charge in [0, 0.05) is 47.2 Å². The molecule has 154 valence electrons. The van der Waals surface area contributed by atoms with Crippen molar-refractivity contribution in [1.29, 1.82) is 0 Å². The van der Waals surface area contributed by atoms with Gasteiger partial charge in [-0.2, -0.15) is 0 Å². The second kappa shape index (κ2) is 6.99. The Hall–Kier alpha value is -3.12. The Balaban J connectivity index is 1.64. The summed E-state index contributed by atoms with van der Waals surface area (Å²) in [6, 6.07) is 12.8. The minimum Gasteiger partial charge on any atom is -0.508 e. The molecule has 5 rings (SSSR count). The molecular formula is C24H25N3O3. The number of piperidine rings is 1. The number of phenols is 1. The Bertz CT molecular complexity index is 1150. The molecule has 2 unspecified atom stereocenters. The largest absolute Gasteiger partial charge is 0.508 e. The number of nitro groups is 1. The zero-order chi connectivity index (χ0) is 20.9. The van der Waals surface area contributed by atoms with Crippen LogP contribution in [0.2, 0.25) is 0 Å². The summed E-state index contributed by atoms with van der Waals surface area (Å²) in [4.78, 5) is 17.0. The van der Waals surface area contributed by atoms with Crippen LogP contribution in [0.15, 0.2) is 55.1 Å². The molecule has 1 fully saturated rings. The van der Waals surface area contributed by atoms with Crippen molar-refractivity contribution in [3.8, 4) is 5.75 Å². The van der Waals surface area contributed by atoms with Gasteiger partial charge >= 0.3 is 0 Å². The van der Waals surface area contributed by atoms with Gasteiger partial charge in [-0.15, -0.1) is 6.58 Å². The van der Waals surface area contributed by atoms with Crippen LogP contribution in [0.4, 0.5) is 5.69 Å². The molecule has 0 bridgehead atoms. The average Bonchev–Trinajstić information content (AvgIpc) is 3.08. The first-order valence-electron chi connectivity index (χ1n) is 10.4. The summed E-state index contributed by atoms with van der Waals surface area (Å²) in [6.07, 6.45) is 4.66. The topological polar surface area (TPSA) is 82.4 Å². The molecule has 6 heteroatoms. The molecule has 3 aromatic rings. The summed E-state index contributed by atoms with van der Waals surface area (Å²) in [5.41, 5.74) is 4.58. The highest BCUT2D eigenvalue weighted by atomic mass is 16.6. The van der Waals surface area contributed by atoms with Crippen molar-refractivity contribution >= 4 is 16.6 Å². The van der Waals surface area contributed by atoms with E-state index in [0.717, 1.165) is 49.8 Å². The van der Waals surface area contributed by atoms with Crippen LogP contribution in [0.3, 0.4) is 0 Å². The zero-order valence-electron chi connectivity index (χ0n) is 16.8. The molecule has 2 aliphatic rings. The third-order valence-corrected chi connectivity index (χ3v) is 7.07. The average molecular weight is 403 g/mol. The Morgan fingerprint density at radius 2 is 2.20 bits per heavy atom. The van der Waals surface area contributed by atoms with Gasteiger partial charge in [-0.3, -0.25) is 15.0 Å². The predicted molar refractivity (Wildman–Crippen MR) is 117 cm³/mol. The summed E-state index contributed by atoms with van der Waals surface area (Å²) < 4.78 is 0. The highest BCUT2D eigenvalue weighted by molar-refractivity contribution is 5.87. The molecule has 1 aliphatic carbocycles. The van der Waals surface area contributed by atoms with E-state index in [1.165, 1.54) is 16.8 Å². The number of aromatic hydroxyl groups is 1. The number of rotatable bonds is 4. The van der Waals surface area contributed by atoms with Crippen molar-refractivity contribution in [3.05, 3.63) is 82.1 Å². The molecule has 2 heterocycles. The van der Waals surface area contributed by atoms with E-state index in [2.05, 4.69) is 22.5 Å². The van der Waals surface area contributed by atoms with E-state index in [1.807, 2.05) is 24.3 Å². The van der Waals surface area contributed by atoms with Gasteiger partial charge in [0.05, 0.1) is 4.92 Å². The fourth-order valence-corrected chi connectivity index (χ4v) is 5.63. The Morgan fingerprint density at radius 1 is 1.33 bits per heavy atom. The molecule has 2 N–H and O–H groups in total. The van der Waals surface area contributed by atoms with Crippen LogP contribution in [0.5, 0.6) is 5.75 Å². The molecular weight excluding hydrogens is 378 g/mol. The lowest BCUT2D eigenvalue weighted by Crippen LogP contribution is -2.53. The van der Waals surface area contributed by atoms with Crippen LogP contribution >= 0.6 is 0 Å². The van der Waals surface area contributed by atoms with E-state index in [1.54, 1.807) is 18.2 Å². The molecule has 0 spiro atoms. The maximum Gasteiger partial charge on any atom is 0.270 e. The maximum atomic E-state index is 11.3. The minimum absolute atomic E-state index is 0.0593. The van der Waals surface area contributed by atoms with Gasteiger partial charge in [-0.05, 0) is 61.1 Å². The van der Waals surface area contributed by atoms with Gasteiger partial charge in [0.1, 0.15) is 5.75 Å². The number of nitro benzene ring substituents is 1. The van der Waals surface area contributed by atoms with E-state index in [4.69, 9.17) is 0 Å². The lowest BCUT2D eigenvalue weighted by Gasteiger charge is -2.51. The summed E-state index contributed by atoms with van der Waals surface area (Å²) >= 11 is 0. The standard InChI is InChI=1S/C24H25N3O3/c1-2-9-26-10-8-24(16-4-3-5-19(28)11-16)14-23-20(12-17(24)15-26)21-13-18(27(29)30)6-7-22(21)25-23/h2-7,11,13,17,25,28H,1,8-10,12,14-15H2. The van der Waals surface area contributed by atoms with E-state index in [9.17, 15) is 15.2 Å². The molecule has 2 atom stereocenters. The predicted octanol–water partition coefficient (Wildman–Crippen LogP) is 4.33.